The van der Waals surface area contributed by atoms with E-state index in [-0.39, 0.29) is 6.10 Å². The first kappa shape index (κ1) is 9.44. The lowest BCUT2D eigenvalue weighted by atomic mass is 10.1. The van der Waals surface area contributed by atoms with Crippen LogP contribution in [0.25, 0.3) is 0 Å². The van der Waals surface area contributed by atoms with Crippen molar-refractivity contribution >= 4 is 0 Å². The van der Waals surface area contributed by atoms with Gasteiger partial charge in [-0.2, -0.15) is 0 Å². The molecule has 0 fully saturated rings. The van der Waals surface area contributed by atoms with Gasteiger partial charge in [-0.1, -0.05) is 23.8 Å². The monoisotopic (exact) mass is 140 g/mol. The molecule has 1 unspecified atom stereocenters. The molecule has 0 saturated heterocycles. The minimum Gasteiger partial charge on any atom is -0.393 e. The second-order valence-corrected chi connectivity index (χ2v) is 2.42. The summed E-state index contributed by atoms with van der Waals surface area (Å²) in [7, 11) is 0. The maximum Gasteiger partial charge on any atom is 0.0552 e. The molecule has 0 heterocycles. The Morgan fingerprint density at radius 1 is 1.50 bits per heavy atom. The Labute approximate surface area is 63.1 Å². The van der Waals surface area contributed by atoms with E-state index in [0.717, 1.165) is 6.42 Å². The SMILES string of the molecule is C/C=C\C(=C/C)CC(C)O. The third kappa shape index (κ3) is 4.33. The summed E-state index contributed by atoms with van der Waals surface area (Å²) in [4.78, 5) is 0. The lowest BCUT2D eigenvalue weighted by molar-refractivity contribution is 0.196. The van der Waals surface area contributed by atoms with Crippen LogP contribution in [0.1, 0.15) is 27.2 Å². The molecule has 0 aromatic carbocycles. The summed E-state index contributed by atoms with van der Waals surface area (Å²) in [5.74, 6) is 0. The van der Waals surface area contributed by atoms with Crippen molar-refractivity contribution in [2.45, 2.75) is 33.3 Å². The van der Waals surface area contributed by atoms with Crippen molar-refractivity contribution in [1.29, 1.82) is 0 Å². The van der Waals surface area contributed by atoms with Crippen molar-refractivity contribution in [3.8, 4) is 0 Å². The molecule has 0 spiro atoms. The Morgan fingerprint density at radius 3 is 2.40 bits per heavy atom. The van der Waals surface area contributed by atoms with Gasteiger partial charge in [0.2, 0.25) is 0 Å². The normalized spacial score (nSPS) is 16.2. The minimum absolute atomic E-state index is 0.234. The van der Waals surface area contributed by atoms with E-state index in [1.807, 2.05) is 32.1 Å². The highest BCUT2D eigenvalue weighted by atomic mass is 16.3. The Kier molecular flexibility index (Phi) is 4.95. The number of hydrogen-bond donors (Lipinski definition) is 1. The molecule has 0 amide bonds. The van der Waals surface area contributed by atoms with E-state index >= 15 is 0 Å². The quantitative estimate of drug-likeness (QED) is 0.596. The van der Waals surface area contributed by atoms with Gasteiger partial charge < -0.3 is 5.11 Å². The number of rotatable bonds is 3. The minimum atomic E-state index is -0.234. The molecule has 1 N–H and O–H groups in total. The molecule has 58 valence electrons. The molecule has 0 aliphatic carbocycles. The van der Waals surface area contributed by atoms with Crippen molar-refractivity contribution in [2.24, 2.45) is 0 Å². The maximum absolute atomic E-state index is 9.01. The van der Waals surface area contributed by atoms with Gasteiger partial charge in [0.15, 0.2) is 0 Å². The zero-order valence-corrected chi connectivity index (χ0v) is 6.96. The van der Waals surface area contributed by atoms with Crippen LogP contribution in [0.5, 0.6) is 0 Å². The third-order valence-corrected chi connectivity index (χ3v) is 1.28. The predicted molar refractivity (Wildman–Crippen MR) is 44.9 cm³/mol. The summed E-state index contributed by atoms with van der Waals surface area (Å²) < 4.78 is 0. The van der Waals surface area contributed by atoms with Crippen molar-refractivity contribution in [1.82, 2.24) is 0 Å². The molecule has 0 bridgehead atoms. The van der Waals surface area contributed by atoms with E-state index in [2.05, 4.69) is 0 Å². The van der Waals surface area contributed by atoms with E-state index in [1.165, 1.54) is 5.57 Å². The van der Waals surface area contributed by atoms with Gasteiger partial charge in [-0.05, 0) is 27.2 Å². The van der Waals surface area contributed by atoms with Crippen LogP contribution in [0.3, 0.4) is 0 Å². The van der Waals surface area contributed by atoms with E-state index in [9.17, 15) is 0 Å². The fourth-order valence-electron chi connectivity index (χ4n) is 0.837. The summed E-state index contributed by atoms with van der Waals surface area (Å²) in [5, 5.41) is 9.01. The third-order valence-electron chi connectivity index (χ3n) is 1.28. The highest BCUT2D eigenvalue weighted by Crippen LogP contribution is 2.06. The van der Waals surface area contributed by atoms with Crippen LogP contribution in [0.15, 0.2) is 23.8 Å². The molecule has 0 aliphatic rings. The zero-order chi connectivity index (χ0) is 7.98. The van der Waals surface area contributed by atoms with E-state index in [1.54, 1.807) is 6.92 Å². The van der Waals surface area contributed by atoms with Crippen LogP contribution in [-0.2, 0) is 0 Å². The fourth-order valence-corrected chi connectivity index (χ4v) is 0.837. The average Bonchev–Trinajstić information content (AvgIpc) is 1.86. The number of hydrogen-bond acceptors (Lipinski definition) is 1. The van der Waals surface area contributed by atoms with Crippen molar-refractivity contribution in [3.05, 3.63) is 23.8 Å². The molecular formula is C9H16O. The van der Waals surface area contributed by atoms with Gasteiger partial charge in [0.25, 0.3) is 0 Å². The Morgan fingerprint density at radius 2 is 2.10 bits per heavy atom. The predicted octanol–water partition coefficient (Wildman–Crippen LogP) is 2.28. The second-order valence-electron chi connectivity index (χ2n) is 2.42. The molecule has 0 aromatic rings. The number of allylic oxidation sites excluding steroid dienone is 3. The average molecular weight is 140 g/mol. The summed E-state index contributed by atoms with van der Waals surface area (Å²) >= 11 is 0. The molecule has 1 nitrogen and oxygen atoms in total. The summed E-state index contributed by atoms with van der Waals surface area (Å²) in [5.41, 5.74) is 1.19. The first-order valence-corrected chi connectivity index (χ1v) is 3.66. The smallest absolute Gasteiger partial charge is 0.0552 e. The first-order valence-electron chi connectivity index (χ1n) is 3.66. The lowest BCUT2D eigenvalue weighted by Crippen LogP contribution is -1.99. The molecule has 0 aromatic heterocycles. The van der Waals surface area contributed by atoms with Crippen LogP contribution in [0, 0.1) is 0 Å². The van der Waals surface area contributed by atoms with Crippen molar-refractivity contribution < 1.29 is 5.11 Å². The molecule has 1 atom stereocenters. The van der Waals surface area contributed by atoms with Crippen LogP contribution in [0.2, 0.25) is 0 Å². The maximum atomic E-state index is 9.01. The van der Waals surface area contributed by atoms with E-state index in [0.29, 0.717) is 0 Å². The number of aliphatic hydroxyl groups excluding tert-OH is 1. The van der Waals surface area contributed by atoms with E-state index < -0.39 is 0 Å². The van der Waals surface area contributed by atoms with Gasteiger partial charge in [0, 0.05) is 0 Å². The van der Waals surface area contributed by atoms with Crippen LogP contribution < -0.4 is 0 Å². The van der Waals surface area contributed by atoms with Crippen LogP contribution in [0.4, 0.5) is 0 Å². The molecule has 0 aliphatic heterocycles. The molecular weight excluding hydrogens is 124 g/mol. The Balaban J connectivity index is 3.86. The standard InChI is InChI=1S/C9H16O/c1-4-6-9(5-2)7-8(3)10/h4-6,8,10H,7H2,1-3H3/b6-4-,9-5+. The van der Waals surface area contributed by atoms with Crippen LogP contribution in [-0.4, -0.2) is 11.2 Å². The molecule has 0 rings (SSSR count). The molecule has 1 heteroatoms. The second kappa shape index (κ2) is 5.24. The molecule has 0 saturated carbocycles. The van der Waals surface area contributed by atoms with Crippen molar-refractivity contribution in [2.75, 3.05) is 0 Å². The van der Waals surface area contributed by atoms with Gasteiger partial charge in [-0.15, -0.1) is 0 Å². The molecule has 10 heavy (non-hydrogen) atoms. The van der Waals surface area contributed by atoms with Gasteiger partial charge in [0.1, 0.15) is 0 Å². The van der Waals surface area contributed by atoms with Gasteiger partial charge >= 0.3 is 0 Å². The molecule has 0 radical (unpaired) electrons. The lowest BCUT2D eigenvalue weighted by Gasteiger charge is -2.03. The summed E-state index contributed by atoms with van der Waals surface area (Å²) in [6.07, 6.45) is 6.54. The Bertz CT molecular complexity index is 132. The first-order chi connectivity index (χ1) is 4.70. The Hall–Kier alpha value is -0.560. The van der Waals surface area contributed by atoms with Crippen molar-refractivity contribution in [3.63, 3.8) is 0 Å². The number of aliphatic hydroxyl groups is 1. The fraction of sp³-hybridized carbons (Fsp3) is 0.556. The summed E-state index contributed by atoms with van der Waals surface area (Å²) in [6.45, 7) is 5.76. The van der Waals surface area contributed by atoms with Gasteiger partial charge in [0.05, 0.1) is 6.10 Å². The van der Waals surface area contributed by atoms with Crippen LogP contribution >= 0.6 is 0 Å². The highest BCUT2D eigenvalue weighted by Gasteiger charge is 1.96. The highest BCUT2D eigenvalue weighted by molar-refractivity contribution is 5.17. The van der Waals surface area contributed by atoms with E-state index in [4.69, 9.17) is 5.11 Å². The summed E-state index contributed by atoms with van der Waals surface area (Å²) in [6, 6.07) is 0. The topological polar surface area (TPSA) is 20.2 Å². The largest absolute Gasteiger partial charge is 0.393 e. The van der Waals surface area contributed by atoms with Gasteiger partial charge in [-0.25, -0.2) is 0 Å². The van der Waals surface area contributed by atoms with Gasteiger partial charge in [-0.3, -0.25) is 0 Å². The zero-order valence-electron chi connectivity index (χ0n) is 6.96.